The third-order valence-corrected chi connectivity index (χ3v) is 3.36. The van der Waals surface area contributed by atoms with Crippen LogP contribution in [0.2, 0.25) is 0 Å². The van der Waals surface area contributed by atoms with E-state index in [2.05, 4.69) is 0 Å². The first kappa shape index (κ1) is 10.9. The molecule has 3 atom stereocenters. The summed E-state index contributed by atoms with van der Waals surface area (Å²) in [5.74, 6) is 0.295. The van der Waals surface area contributed by atoms with Crippen molar-refractivity contribution in [3.05, 3.63) is 0 Å². The van der Waals surface area contributed by atoms with Crippen LogP contribution in [0.25, 0.3) is 0 Å². The molecule has 15 heavy (non-hydrogen) atoms. The standard InChI is InChI=1S/C11H20N2O2/c1-7(2)10(12)11(14)13-5-8-3-4-9(6-13)15-8/h7-10H,3-6,12H2,1-2H3/t8?,9?,10-/m1/s1. The molecule has 2 unspecified atom stereocenters. The Balaban J connectivity index is 1.96. The number of nitrogens with zero attached hydrogens (tertiary/aromatic N) is 1. The fourth-order valence-electron chi connectivity index (χ4n) is 2.29. The number of likely N-dealkylation sites (tertiary alicyclic amines) is 1. The van der Waals surface area contributed by atoms with Crippen molar-refractivity contribution in [3.8, 4) is 0 Å². The summed E-state index contributed by atoms with van der Waals surface area (Å²) < 4.78 is 5.68. The highest BCUT2D eigenvalue weighted by molar-refractivity contribution is 5.82. The van der Waals surface area contributed by atoms with Crippen LogP contribution in [0.15, 0.2) is 0 Å². The van der Waals surface area contributed by atoms with Gasteiger partial charge in [0.2, 0.25) is 5.91 Å². The fourth-order valence-corrected chi connectivity index (χ4v) is 2.29. The van der Waals surface area contributed by atoms with Crippen LogP contribution in [0, 0.1) is 5.92 Å². The normalized spacial score (nSPS) is 32.1. The molecule has 4 heteroatoms. The molecule has 86 valence electrons. The van der Waals surface area contributed by atoms with Gasteiger partial charge in [-0.25, -0.2) is 0 Å². The quantitative estimate of drug-likeness (QED) is 0.719. The van der Waals surface area contributed by atoms with Crippen molar-refractivity contribution in [2.45, 2.75) is 44.9 Å². The molecule has 0 aromatic carbocycles. The molecule has 1 amide bonds. The van der Waals surface area contributed by atoms with Gasteiger partial charge < -0.3 is 15.4 Å². The molecule has 0 aliphatic carbocycles. The van der Waals surface area contributed by atoms with Gasteiger partial charge in [0.1, 0.15) is 0 Å². The van der Waals surface area contributed by atoms with E-state index in [0.29, 0.717) is 0 Å². The van der Waals surface area contributed by atoms with Crippen molar-refractivity contribution >= 4 is 5.91 Å². The molecule has 0 radical (unpaired) electrons. The topological polar surface area (TPSA) is 55.6 Å². The van der Waals surface area contributed by atoms with E-state index in [4.69, 9.17) is 10.5 Å². The predicted octanol–water partition coefficient (Wildman–Crippen LogP) is 0.359. The molecule has 0 aromatic heterocycles. The largest absolute Gasteiger partial charge is 0.371 e. The molecule has 2 saturated heterocycles. The Morgan fingerprint density at radius 1 is 1.33 bits per heavy atom. The van der Waals surface area contributed by atoms with Gasteiger partial charge in [-0.2, -0.15) is 0 Å². The molecule has 2 N–H and O–H groups in total. The summed E-state index contributed by atoms with van der Waals surface area (Å²) in [4.78, 5) is 13.9. The van der Waals surface area contributed by atoms with Gasteiger partial charge in [0.25, 0.3) is 0 Å². The molecule has 0 saturated carbocycles. The van der Waals surface area contributed by atoms with Crippen LogP contribution in [-0.4, -0.2) is 42.1 Å². The Kier molecular flexibility index (Phi) is 2.98. The summed E-state index contributed by atoms with van der Waals surface area (Å²) in [6.07, 6.45) is 2.69. The number of carbonyl (C=O) groups is 1. The van der Waals surface area contributed by atoms with E-state index >= 15 is 0 Å². The predicted molar refractivity (Wildman–Crippen MR) is 57.3 cm³/mol. The number of carbonyl (C=O) groups excluding carboxylic acids is 1. The third-order valence-electron chi connectivity index (χ3n) is 3.36. The zero-order valence-electron chi connectivity index (χ0n) is 9.48. The number of fused-ring (bicyclic) bond motifs is 2. The van der Waals surface area contributed by atoms with Gasteiger partial charge in [0.15, 0.2) is 0 Å². The van der Waals surface area contributed by atoms with Crippen LogP contribution in [0.3, 0.4) is 0 Å². The Morgan fingerprint density at radius 3 is 2.33 bits per heavy atom. The summed E-state index contributed by atoms with van der Waals surface area (Å²) >= 11 is 0. The Hall–Kier alpha value is -0.610. The zero-order valence-corrected chi connectivity index (χ0v) is 9.48. The number of ether oxygens (including phenoxy) is 1. The van der Waals surface area contributed by atoms with Gasteiger partial charge in [0, 0.05) is 13.1 Å². The lowest BCUT2D eigenvalue weighted by Gasteiger charge is -2.34. The van der Waals surface area contributed by atoms with Gasteiger partial charge in [-0.05, 0) is 18.8 Å². The van der Waals surface area contributed by atoms with Crippen molar-refractivity contribution in [2.75, 3.05) is 13.1 Å². The second kappa shape index (κ2) is 4.10. The van der Waals surface area contributed by atoms with Gasteiger partial charge in [-0.15, -0.1) is 0 Å². The SMILES string of the molecule is CC(C)[C@@H](N)C(=O)N1CC2CCC(C1)O2. The molecule has 4 nitrogen and oxygen atoms in total. The lowest BCUT2D eigenvalue weighted by atomic mass is 10.0. The first-order valence-corrected chi connectivity index (χ1v) is 5.77. The number of morpholine rings is 1. The lowest BCUT2D eigenvalue weighted by molar-refractivity contribution is -0.142. The van der Waals surface area contributed by atoms with Gasteiger partial charge in [-0.1, -0.05) is 13.8 Å². The smallest absolute Gasteiger partial charge is 0.239 e. The highest BCUT2D eigenvalue weighted by atomic mass is 16.5. The number of amides is 1. The number of hydrogen-bond donors (Lipinski definition) is 1. The van der Waals surface area contributed by atoms with E-state index in [1.807, 2.05) is 18.7 Å². The van der Waals surface area contributed by atoms with Crippen molar-refractivity contribution in [2.24, 2.45) is 11.7 Å². The Morgan fingerprint density at radius 2 is 1.87 bits per heavy atom. The van der Waals surface area contributed by atoms with E-state index in [9.17, 15) is 4.79 Å². The number of nitrogens with two attached hydrogens (primary N) is 1. The summed E-state index contributed by atoms with van der Waals surface area (Å²) in [5, 5.41) is 0. The van der Waals surface area contributed by atoms with E-state index in [1.54, 1.807) is 0 Å². The summed E-state index contributed by atoms with van der Waals surface area (Å²) in [6, 6.07) is -0.359. The Labute approximate surface area is 90.8 Å². The van der Waals surface area contributed by atoms with Crippen LogP contribution >= 0.6 is 0 Å². The van der Waals surface area contributed by atoms with E-state index in [1.165, 1.54) is 0 Å². The molecular weight excluding hydrogens is 192 g/mol. The van der Waals surface area contributed by atoms with Crippen molar-refractivity contribution in [1.82, 2.24) is 4.90 Å². The van der Waals surface area contributed by atoms with Crippen LogP contribution in [-0.2, 0) is 9.53 Å². The molecule has 0 spiro atoms. The maximum absolute atomic E-state index is 12.0. The molecule has 2 aliphatic heterocycles. The van der Waals surface area contributed by atoms with Crippen LogP contribution < -0.4 is 5.73 Å². The maximum atomic E-state index is 12.0. The van der Waals surface area contributed by atoms with E-state index < -0.39 is 0 Å². The molecule has 2 fully saturated rings. The van der Waals surface area contributed by atoms with Gasteiger partial charge in [0.05, 0.1) is 18.2 Å². The Bertz CT molecular complexity index is 243. The molecule has 2 aliphatic rings. The summed E-state index contributed by atoms with van der Waals surface area (Å²) in [6.45, 7) is 5.43. The zero-order chi connectivity index (χ0) is 11.0. The minimum Gasteiger partial charge on any atom is -0.371 e. The molecule has 2 bridgehead atoms. The van der Waals surface area contributed by atoms with E-state index in [-0.39, 0.29) is 30.1 Å². The van der Waals surface area contributed by atoms with E-state index in [0.717, 1.165) is 25.9 Å². The van der Waals surface area contributed by atoms with Gasteiger partial charge >= 0.3 is 0 Å². The second-order valence-corrected chi connectivity index (χ2v) is 4.97. The maximum Gasteiger partial charge on any atom is 0.239 e. The highest BCUT2D eigenvalue weighted by Gasteiger charge is 2.37. The number of rotatable bonds is 2. The van der Waals surface area contributed by atoms with Crippen LogP contribution in [0.5, 0.6) is 0 Å². The molecular formula is C11H20N2O2. The van der Waals surface area contributed by atoms with Crippen molar-refractivity contribution in [3.63, 3.8) is 0 Å². The first-order valence-electron chi connectivity index (χ1n) is 5.77. The van der Waals surface area contributed by atoms with Crippen LogP contribution in [0.1, 0.15) is 26.7 Å². The average Bonchev–Trinajstić information content (AvgIpc) is 2.55. The first-order chi connectivity index (χ1) is 7.08. The minimum atomic E-state index is -0.359. The third kappa shape index (κ3) is 2.16. The van der Waals surface area contributed by atoms with Crippen molar-refractivity contribution in [1.29, 1.82) is 0 Å². The number of hydrogen-bond acceptors (Lipinski definition) is 3. The molecule has 0 aromatic rings. The molecule has 2 heterocycles. The fraction of sp³-hybridized carbons (Fsp3) is 0.909. The highest BCUT2D eigenvalue weighted by Crippen LogP contribution is 2.26. The molecule has 2 rings (SSSR count). The summed E-state index contributed by atoms with van der Waals surface area (Å²) in [7, 11) is 0. The minimum absolute atomic E-state index is 0.0881. The lowest BCUT2D eigenvalue weighted by Crippen LogP contribution is -2.53. The van der Waals surface area contributed by atoms with Crippen molar-refractivity contribution < 1.29 is 9.53 Å². The monoisotopic (exact) mass is 212 g/mol. The second-order valence-electron chi connectivity index (χ2n) is 4.97. The average molecular weight is 212 g/mol. The van der Waals surface area contributed by atoms with Gasteiger partial charge in [-0.3, -0.25) is 4.79 Å². The van der Waals surface area contributed by atoms with Crippen LogP contribution in [0.4, 0.5) is 0 Å². The summed E-state index contributed by atoms with van der Waals surface area (Å²) in [5.41, 5.74) is 5.87.